The molecule has 0 N–H and O–H groups in total. The molecule has 0 saturated carbocycles. The first-order valence-corrected chi connectivity index (χ1v) is 6.43. The van der Waals surface area contributed by atoms with Gasteiger partial charge in [-0.2, -0.15) is 0 Å². The van der Waals surface area contributed by atoms with E-state index in [1.54, 1.807) is 42.5 Å². The van der Waals surface area contributed by atoms with Crippen molar-refractivity contribution < 1.29 is 14.5 Å². The van der Waals surface area contributed by atoms with Crippen LogP contribution in [-0.2, 0) is 16.1 Å². The Hall–Kier alpha value is -3.03. The maximum Gasteiger partial charge on any atom is 0.325 e. The van der Waals surface area contributed by atoms with E-state index in [1.807, 2.05) is 0 Å². The van der Waals surface area contributed by atoms with Crippen LogP contribution in [0.15, 0.2) is 42.7 Å². The molecule has 114 valence electrons. The second-order valence-corrected chi connectivity index (χ2v) is 4.49. The van der Waals surface area contributed by atoms with E-state index in [9.17, 15) is 14.9 Å². The molecule has 0 aliphatic rings. The molecule has 8 nitrogen and oxygen atoms in total. The van der Waals surface area contributed by atoms with Crippen LogP contribution in [0.2, 0.25) is 0 Å². The van der Waals surface area contributed by atoms with E-state index < -0.39 is 10.9 Å². The van der Waals surface area contributed by atoms with Crippen molar-refractivity contribution in [1.29, 1.82) is 0 Å². The highest BCUT2D eigenvalue weighted by molar-refractivity contribution is 5.74. The number of ether oxygens (including phenoxy) is 1. The number of carbonyl (C=O) groups excluding carboxylic acids is 1. The van der Waals surface area contributed by atoms with E-state index in [1.165, 1.54) is 12.1 Å². The maximum absolute atomic E-state index is 11.7. The van der Waals surface area contributed by atoms with Crippen molar-refractivity contribution >= 4 is 17.6 Å². The molecule has 22 heavy (non-hydrogen) atoms. The first-order valence-electron chi connectivity index (χ1n) is 6.43. The van der Waals surface area contributed by atoms with Crippen LogP contribution in [-0.4, -0.2) is 34.5 Å². The minimum atomic E-state index is -0.482. The van der Waals surface area contributed by atoms with Gasteiger partial charge in [-0.1, -0.05) is 0 Å². The summed E-state index contributed by atoms with van der Waals surface area (Å²) in [4.78, 5) is 31.4. The molecule has 0 amide bonds. The van der Waals surface area contributed by atoms with E-state index in [2.05, 4.69) is 9.97 Å². The lowest BCUT2D eigenvalue weighted by Crippen LogP contribution is -2.28. The van der Waals surface area contributed by atoms with Crippen molar-refractivity contribution in [1.82, 2.24) is 9.97 Å². The fourth-order valence-corrected chi connectivity index (χ4v) is 1.68. The third-order valence-corrected chi connectivity index (χ3v) is 2.81. The summed E-state index contributed by atoms with van der Waals surface area (Å²) in [6.45, 7) is 0.0668. The Morgan fingerprint density at radius 2 is 1.91 bits per heavy atom. The van der Waals surface area contributed by atoms with Gasteiger partial charge in [-0.3, -0.25) is 14.9 Å². The fourth-order valence-electron chi connectivity index (χ4n) is 1.68. The van der Waals surface area contributed by atoms with Crippen molar-refractivity contribution in [2.45, 2.75) is 6.61 Å². The topological polar surface area (TPSA) is 98.5 Å². The SMILES string of the molecule is CN(CC(=O)OCc1ccc([N+](=O)[O-])cc1)c1ncccn1. The van der Waals surface area contributed by atoms with Crippen molar-refractivity contribution in [3.63, 3.8) is 0 Å². The molecule has 1 aromatic carbocycles. The molecule has 0 unspecified atom stereocenters. The van der Waals surface area contributed by atoms with Crippen LogP contribution >= 0.6 is 0 Å². The summed E-state index contributed by atoms with van der Waals surface area (Å²) >= 11 is 0. The zero-order chi connectivity index (χ0) is 15.9. The summed E-state index contributed by atoms with van der Waals surface area (Å²) < 4.78 is 5.11. The summed E-state index contributed by atoms with van der Waals surface area (Å²) in [5.41, 5.74) is 0.675. The van der Waals surface area contributed by atoms with Crippen molar-refractivity contribution in [3.05, 3.63) is 58.4 Å². The molecule has 2 aromatic rings. The minimum absolute atomic E-state index is 0.00367. The molecule has 0 radical (unpaired) electrons. The summed E-state index contributed by atoms with van der Waals surface area (Å²) in [5.74, 6) is -0.0110. The lowest BCUT2D eigenvalue weighted by Gasteiger charge is -2.15. The third-order valence-electron chi connectivity index (χ3n) is 2.81. The van der Waals surface area contributed by atoms with Crippen molar-refractivity contribution in [2.75, 3.05) is 18.5 Å². The van der Waals surface area contributed by atoms with Gasteiger partial charge in [-0.05, 0) is 23.8 Å². The van der Waals surface area contributed by atoms with Crippen LogP contribution in [0.1, 0.15) is 5.56 Å². The molecular weight excluding hydrogens is 288 g/mol. The Morgan fingerprint density at radius 3 is 2.50 bits per heavy atom. The summed E-state index contributed by atoms with van der Waals surface area (Å²) in [6, 6.07) is 7.52. The van der Waals surface area contributed by atoms with E-state index in [0.29, 0.717) is 11.5 Å². The molecule has 8 heteroatoms. The quantitative estimate of drug-likeness (QED) is 0.453. The first kappa shape index (κ1) is 15.4. The number of benzene rings is 1. The zero-order valence-corrected chi connectivity index (χ0v) is 11.9. The Balaban J connectivity index is 1.83. The van der Waals surface area contributed by atoms with Gasteiger partial charge in [0.15, 0.2) is 0 Å². The van der Waals surface area contributed by atoms with Crippen LogP contribution in [0.3, 0.4) is 0 Å². The van der Waals surface area contributed by atoms with Crippen LogP contribution in [0.5, 0.6) is 0 Å². The van der Waals surface area contributed by atoms with Gasteiger partial charge < -0.3 is 9.64 Å². The lowest BCUT2D eigenvalue weighted by atomic mass is 10.2. The number of nitro groups is 1. The molecule has 0 atom stereocenters. The van der Waals surface area contributed by atoms with Crippen LogP contribution in [0.25, 0.3) is 0 Å². The normalized spacial score (nSPS) is 10.0. The highest BCUT2D eigenvalue weighted by Gasteiger charge is 2.11. The number of carbonyl (C=O) groups is 1. The highest BCUT2D eigenvalue weighted by Crippen LogP contribution is 2.12. The van der Waals surface area contributed by atoms with E-state index in [0.717, 1.165) is 0 Å². The lowest BCUT2D eigenvalue weighted by molar-refractivity contribution is -0.384. The smallest absolute Gasteiger partial charge is 0.325 e. The number of rotatable bonds is 6. The predicted octanol–water partition coefficient (Wildman–Crippen LogP) is 1.56. The Morgan fingerprint density at radius 1 is 1.27 bits per heavy atom. The minimum Gasteiger partial charge on any atom is -0.459 e. The molecule has 2 rings (SSSR count). The third kappa shape index (κ3) is 4.23. The molecule has 0 spiro atoms. The second-order valence-electron chi connectivity index (χ2n) is 4.49. The first-order chi connectivity index (χ1) is 10.6. The number of non-ortho nitro benzene ring substituents is 1. The molecular formula is C14H14N4O4. The summed E-state index contributed by atoms with van der Waals surface area (Å²) in [5, 5.41) is 10.5. The number of aromatic nitrogens is 2. The maximum atomic E-state index is 11.7. The Bertz CT molecular complexity index is 646. The standard InChI is InChI=1S/C14H14N4O4/c1-17(14-15-7-2-8-16-14)9-13(19)22-10-11-3-5-12(6-4-11)18(20)21/h2-8H,9-10H2,1H3. The van der Waals surface area contributed by atoms with Crippen LogP contribution in [0.4, 0.5) is 11.6 Å². The molecule has 0 aliphatic heterocycles. The number of nitro benzene ring substituents is 1. The summed E-state index contributed by atoms with van der Waals surface area (Å²) in [6.07, 6.45) is 3.17. The monoisotopic (exact) mass is 302 g/mol. The largest absolute Gasteiger partial charge is 0.459 e. The fraction of sp³-hybridized carbons (Fsp3) is 0.214. The van der Waals surface area contributed by atoms with Crippen LogP contribution in [0, 0.1) is 10.1 Å². The average molecular weight is 302 g/mol. The van der Waals surface area contributed by atoms with Gasteiger partial charge in [0.25, 0.3) is 5.69 Å². The molecule has 1 aromatic heterocycles. The van der Waals surface area contributed by atoms with Gasteiger partial charge in [-0.25, -0.2) is 9.97 Å². The van der Waals surface area contributed by atoms with Gasteiger partial charge >= 0.3 is 5.97 Å². The molecule has 0 fully saturated rings. The number of esters is 1. The number of hydrogen-bond acceptors (Lipinski definition) is 7. The number of likely N-dealkylation sites (N-methyl/N-ethyl adjacent to an activating group) is 1. The highest BCUT2D eigenvalue weighted by atomic mass is 16.6. The molecule has 1 heterocycles. The molecule has 0 bridgehead atoms. The Labute approximate surface area is 126 Å². The number of hydrogen-bond donors (Lipinski definition) is 0. The second kappa shape index (κ2) is 7.11. The van der Waals surface area contributed by atoms with E-state index >= 15 is 0 Å². The van der Waals surface area contributed by atoms with E-state index in [-0.39, 0.29) is 18.8 Å². The number of nitrogens with zero attached hydrogens (tertiary/aromatic N) is 4. The molecule has 0 aliphatic carbocycles. The predicted molar refractivity (Wildman–Crippen MR) is 78.2 cm³/mol. The summed E-state index contributed by atoms with van der Waals surface area (Å²) in [7, 11) is 1.68. The van der Waals surface area contributed by atoms with Crippen molar-refractivity contribution in [2.24, 2.45) is 0 Å². The van der Waals surface area contributed by atoms with Gasteiger partial charge in [0.05, 0.1) is 4.92 Å². The van der Waals surface area contributed by atoms with E-state index in [4.69, 9.17) is 4.74 Å². The molecule has 0 saturated heterocycles. The van der Waals surface area contributed by atoms with Crippen molar-refractivity contribution in [3.8, 4) is 0 Å². The number of anilines is 1. The van der Waals surface area contributed by atoms with Crippen LogP contribution < -0.4 is 4.90 Å². The van der Waals surface area contributed by atoms with Gasteiger partial charge in [0, 0.05) is 31.6 Å². The van der Waals surface area contributed by atoms with Gasteiger partial charge in [0.1, 0.15) is 13.2 Å². The average Bonchev–Trinajstić information content (AvgIpc) is 2.54. The Kier molecular flexibility index (Phi) is 4.97. The van der Waals surface area contributed by atoms with Gasteiger partial charge in [0.2, 0.25) is 5.95 Å². The van der Waals surface area contributed by atoms with Gasteiger partial charge in [-0.15, -0.1) is 0 Å². The zero-order valence-electron chi connectivity index (χ0n) is 11.9.